The molecule has 3 rings (SSSR count). The lowest BCUT2D eigenvalue weighted by Gasteiger charge is -2.34. The Labute approximate surface area is 196 Å². The molecule has 0 bridgehead atoms. The predicted molar refractivity (Wildman–Crippen MR) is 132 cm³/mol. The molecule has 1 fully saturated rings. The average molecular weight is 528 g/mol. The molecule has 0 unspecified atom stereocenters. The fourth-order valence-electron chi connectivity index (χ4n) is 3.53. The Morgan fingerprint density at radius 3 is 2.43 bits per heavy atom. The molecule has 2 aromatic rings. The predicted octanol–water partition coefficient (Wildman–Crippen LogP) is 2.74. The summed E-state index contributed by atoms with van der Waals surface area (Å²) in [5, 5.41) is 11.2. The molecule has 166 valence electrons. The van der Waals surface area contributed by atoms with Crippen LogP contribution < -0.4 is 25.0 Å². The van der Waals surface area contributed by atoms with E-state index in [9.17, 15) is 0 Å². The van der Waals surface area contributed by atoms with Crippen molar-refractivity contribution in [3.05, 3.63) is 36.7 Å². The van der Waals surface area contributed by atoms with Crippen LogP contribution in [0.3, 0.4) is 0 Å². The number of benzene rings is 1. The molecule has 1 saturated heterocycles. The Morgan fingerprint density at radius 1 is 1.17 bits per heavy atom. The van der Waals surface area contributed by atoms with E-state index in [2.05, 4.69) is 37.8 Å². The summed E-state index contributed by atoms with van der Waals surface area (Å²) in [6.07, 6.45) is 6.89. The molecular weight excluding hydrogens is 495 g/mol. The maximum Gasteiger partial charge on any atom is 0.191 e. The first kappa shape index (κ1) is 24.1. The smallest absolute Gasteiger partial charge is 0.191 e. The van der Waals surface area contributed by atoms with E-state index in [1.54, 1.807) is 14.2 Å². The Hall–Kier alpha value is -2.17. The first-order valence-electron chi connectivity index (χ1n) is 10.1. The van der Waals surface area contributed by atoms with Gasteiger partial charge in [-0.15, -0.1) is 24.0 Å². The third kappa shape index (κ3) is 6.96. The number of aryl methyl sites for hydroxylation is 1. The molecular formula is C21H33IN6O2. The maximum atomic E-state index is 5.40. The van der Waals surface area contributed by atoms with Crippen molar-refractivity contribution in [1.29, 1.82) is 0 Å². The van der Waals surface area contributed by atoms with Crippen LogP contribution in [-0.4, -0.2) is 62.7 Å². The van der Waals surface area contributed by atoms with Crippen molar-refractivity contribution in [2.24, 2.45) is 4.99 Å². The summed E-state index contributed by atoms with van der Waals surface area (Å²) in [5.74, 6) is 2.51. The summed E-state index contributed by atoms with van der Waals surface area (Å²) in [4.78, 5) is 6.74. The van der Waals surface area contributed by atoms with Gasteiger partial charge in [-0.2, -0.15) is 5.10 Å². The number of piperidine rings is 1. The molecule has 9 heteroatoms. The molecule has 1 aromatic heterocycles. The van der Waals surface area contributed by atoms with Gasteiger partial charge in [0.2, 0.25) is 0 Å². The van der Waals surface area contributed by atoms with E-state index in [1.807, 2.05) is 36.3 Å². The third-order valence-corrected chi connectivity index (χ3v) is 5.18. The monoisotopic (exact) mass is 528 g/mol. The zero-order valence-electron chi connectivity index (χ0n) is 18.0. The number of ether oxygens (including phenoxy) is 2. The highest BCUT2D eigenvalue weighted by molar-refractivity contribution is 14.0. The zero-order valence-corrected chi connectivity index (χ0v) is 20.3. The van der Waals surface area contributed by atoms with Gasteiger partial charge in [-0.05, 0) is 25.3 Å². The topological polar surface area (TPSA) is 75.9 Å². The van der Waals surface area contributed by atoms with Crippen molar-refractivity contribution < 1.29 is 9.47 Å². The number of nitrogens with one attached hydrogen (secondary N) is 2. The van der Waals surface area contributed by atoms with Crippen molar-refractivity contribution >= 4 is 35.6 Å². The molecule has 2 heterocycles. The Kier molecular flexibility index (Phi) is 10.0. The van der Waals surface area contributed by atoms with Crippen LogP contribution in [0.15, 0.2) is 41.7 Å². The first-order valence-corrected chi connectivity index (χ1v) is 10.1. The lowest BCUT2D eigenvalue weighted by atomic mass is 10.0. The summed E-state index contributed by atoms with van der Waals surface area (Å²) in [7, 11) is 5.19. The van der Waals surface area contributed by atoms with Crippen molar-refractivity contribution in [2.45, 2.75) is 31.8 Å². The Balaban J connectivity index is 0.00000320. The van der Waals surface area contributed by atoms with Gasteiger partial charge < -0.3 is 25.0 Å². The van der Waals surface area contributed by atoms with Crippen LogP contribution in [0.5, 0.6) is 11.5 Å². The van der Waals surface area contributed by atoms with Crippen LogP contribution in [0.1, 0.15) is 19.3 Å². The highest BCUT2D eigenvalue weighted by Gasteiger charge is 2.21. The van der Waals surface area contributed by atoms with E-state index >= 15 is 0 Å². The molecule has 0 aliphatic carbocycles. The third-order valence-electron chi connectivity index (χ3n) is 5.18. The fourth-order valence-corrected chi connectivity index (χ4v) is 3.53. The summed E-state index contributed by atoms with van der Waals surface area (Å²) >= 11 is 0. The van der Waals surface area contributed by atoms with Gasteiger partial charge >= 0.3 is 0 Å². The average Bonchev–Trinajstić information content (AvgIpc) is 3.29. The van der Waals surface area contributed by atoms with E-state index in [-0.39, 0.29) is 24.0 Å². The van der Waals surface area contributed by atoms with Gasteiger partial charge in [0.05, 0.1) is 14.2 Å². The number of hydrogen-bond donors (Lipinski definition) is 2. The number of anilines is 1. The molecule has 0 atom stereocenters. The molecule has 0 radical (unpaired) electrons. The molecule has 1 aromatic carbocycles. The van der Waals surface area contributed by atoms with E-state index in [0.29, 0.717) is 6.04 Å². The second kappa shape index (κ2) is 12.5. The lowest BCUT2D eigenvalue weighted by molar-refractivity contribution is 0.393. The summed E-state index contributed by atoms with van der Waals surface area (Å²) in [5.41, 5.74) is 1.14. The SMILES string of the molecule is CN=C(NCCCn1cccn1)NC1CCN(c2cc(OC)cc(OC)c2)CC1.I. The van der Waals surface area contributed by atoms with E-state index in [0.717, 1.165) is 68.6 Å². The van der Waals surface area contributed by atoms with Crippen molar-refractivity contribution in [3.8, 4) is 11.5 Å². The van der Waals surface area contributed by atoms with Gasteiger partial charge in [0, 0.05) is 75.5 Å². The van der Waals surface area contributed by atoms with Crippen molar-refractivity contribution in [1.82, 2.24) is 20.4 Å². The molecule has 8 nitrogen and oxygen atoms in total. The molecule has 0 spiro atoms. The van der Waals surface area contributed by atoms with Crippen LogP contribution in [-0.2, 0) is 6.54 Å². The highest BCUT2D eigenvalue weighted by atomic mass is 127. The zero-order chi connectivity index (χ0) is 20.5. The summed E-state index contributed by atoms with van der Waals surface area (Å²) in [6, 6.07) is 8.39. The number of methoxy groups -OCH3 is 2. The molecule has 30 heavy (non-hydrogen) atoms. The number of nitrogens with zero attached hydrogens (tertiary/aromatic N) is 4. The van der Waals surface area contributed by atoms with Crippen LogP contribution in [0.4, 0.5) is 5.69 Å². The number of halogens is 1. The number of guanidine groups is 1. The Morgan fingerprint density at radius 2 is 1.87 bits per heavy atom. The van der Waals surface area contributed by atoms with Gasteiger partial charge in [0.15, 0.2) is 5.96 Å². The van der Waals surface area contributed by atoms with Crippen molar-refractivity contribution in [3.63, 3.8) is 0 Å². The molecule has 0 saturated carbocycles. The van der Waals surface area contributed by atoms with E-state index in [4.69, 9.17) is 9.47 Å². The van der Waals surface area contributed by atoms with E-state index in [1.165, 1.54) is 0 Å². The first-order chi connectivity index (χ1) is 14.2. The maximum absolute atomic E-state index is 5.40. The molecule has 1 aliphatic rings. The minimum Gasteiger partial charge on any atom is -0.497 e. The second-order valence-corrected chi connectivity index (χ2v) is 7.10. The van der Waals surface area contributed by atoms with Crippen LogP contribution in [0, 0.1) is 0 Å². The number of aromatic nitrogens is 2. The minimum atomic E-state index is 0. The second-order valence-electron chi connectivity index (χ2n) is 7.10. The minimum absolute atomic E-state index is 0. The largest absolute Gasteiger partial charge is 0.497 e. The summed E-state index contributed by atoms with van der Waals surface area (Å²) in [6.45, 7) is 3.72. The standard InChI is InChI=1S/C21H32N6O2.HI/c1-22-21(23-8-4-10-27-11-5-9-24-27)25-17-6-12-26(13-7-17)18-14-19(28-2)16-20(15-18)29-3;/h5,9,11,14-17H,4,6-8,10,12-13H2,1-3H3,(H2,22,23,25);1H. The van der Waals surface area contributed by atoms with Crippen LogP contribution in [0.2, 0.25) is 0 Å². The van der Waals surface area contributed by atoms with Crippen LogP contribution >= 0.6 is 24.0 Å². The number of rotatable bonds is 8. The fraction of sp³-hybridized carbons (Fsp3) is 0.524. The van der Waals surface area contributed by atoms with Crippen LogP contribution in [0.25, 0.3) is 0 Å². The van der Waals surface area contributed by atoms with Gasteiger partial charge in [0.25, 0.3) is 0 Å². The van der Waals surface area contributed by atoms with Crippen molar-refractivity contribution in [2.75, 3.05) is 45.8 Å². The van der Waals surface area contributed by atoms with Gasteiger partial charge in [-0.25, -0.2) is 0 Å². The Bertz CT molecular complexity index is 754. The summed E-state index contributed by atoms with van der Waals surface area (Å²) < 4.78 is 12.7. The molecule has 1 aliphatic heterocycles. The van der Waals surface area contributed by atoms with E-state index < -0.39 is 0 Å². The van der Waals surface area contributed by atoms with Gasteiger partial charge in [0.1, 0.15) is 11.5 Å². The van der Waals surface area contributed by atoms with Gasteiger partial charge in [-0.1, -0.05) is 0 Å². The quantitative estimate of drug-likeness (QED) is 0.238. The number of hydrogen-bond acceptors (Lipinski definition) is 5. The van der Waals surface area contributed by atoms with Gasteiger partial charge in [-0.3, -0.25) is 9.67 Å². The lowest BCUT2D eigenvalue weighted by Crippen LogP contribution is -2.49. The number of aliphatic imine (C=N–C) groups is 1. The molecule has 0 amide bonds. The highest BCUT2D eigenvalue weighted by Crippen LogP contribution is 2.30. The normalized spacial score (nSPS) is 14.8. The molecule has 2 N–H and O–H groups in total.